The van der Waals surface area contributed by atoms with Crippen LogP contribution in [0.5, 0.6) is 0 Å². The van der Waals surface area contributed by atoms with Crippen LogP contribution in [0.4, 0.5) is 0 Å². The number of carbonyl (C=O) groups excluding carboxylic acids is 1. The van der Waals surface area contributed by atoms with Crippen molar-refractivity contribution in [3.05, 3.63) is 11.6 Å². The highest BCUT2D eigenvalue weighted by Gasteiger charge is 2.33. The van der Waals surface area contributed by atoms with Crippen molar-refractivity contribution in [2.75, 3.05) is 0 Å². The lowest BCUT2D eigenvalue weighted by Crippen LogP contribution is -2.14. The molecule has 0 fully saturated rings. The molecule has 1 heterocycles. The van der Waals surface area contributed by atoms with E-state index in [0.29, 0.717) is 11.5 Å². The fourth-order valence-electron chi connectivity index (χ4n) is 1.23. The van der Waals surface area contributed by atoms with Crippen molar-refractivity contribution >= 4 is 17.6 Å². The summed E-state index contributed by atoms with van der Waals surface area (Å²) in [5.41, 5.74) is 0.697. The highest BCUT2D eigenvalue weighted by atomic mass is 35.5. The summed E-state index contributed by atoms with van der Waals surface area (Å²) in [4.78, 5) is 11.2. The maximum atomic E-state index is 11.2. The maximum absolute atomic E-state index is 11.2. The summed E-state index contributed by atoms with van der Waals surface area (Å²) >= 11 is 5.82. The van der Waals surface area contributed by atoms with Gasteiger partial charge in [-0.15, -0.1) is 0 Å². The first kappa shape index (κ1) is 9.59. The first-order valence-electron chi connectivity index (χ1n) is 4.05. The Labute approximate surface area is 77.5 Å². The zero-order valence-corrected chi connectivity index (χ0v) is 8.31. The van der Waals surface area contributed by atoms with Crippen LogP contribution in [-0.4, -0.2) is 11.0 Å². The third-order valence-corrected chi connectivity index (χ3v) is 1.80. The van der Waals surface area contributed by atoms with Gasteiger partial charge in [-0.05, 0) is 25.3 Å². The number of esters is 1. The number of alkyl halides is 1. The van der Waals surface area contributed by atoms with Gasteiger partial charge in [-0.3, -0.25) is 0 Å². The van der Waals surface area contributed by atoms with Gasteiger partial charge in [0.15, 0.2) is 0 Å². The quantitative estimate of drug-likeness (QED) is 0.492. The van der Waals surface area contributed by atoms with E-state index in [2.05, 4.69) is 13.8 Å². The molecule has 0 aromatic rings. The molecule has 68 valence electrons. The lowest BCUT2D eigenvalue weighted by atomic mass is 10.0. The van der Waals surface area contributed by atoms with Crippen LogP contribution in [0.25, 0.3) is 0 Å². The van der Waals surface area contributed by atoms with Crippen molar-refractivity contribution in [3.63, 3.8) is 0 Å². The number of hydrogen-bond acceptors (Lipinski definition) is 2. The second-order valence-electron chi connectivity index (χ2n) is 3.64. The molecule has 12 heavy (non-hydrogen) atoms. The Morgan fingerprint density at radius 1 is 1.67 bits per heavy atom. The van der Waals surface area contributed by atoms with Gasteiger partial charge in [-0.25, -0.2) is 4.79 Å². The van der Waals surface area contributed by atoms with E-state index in [1.54, 1.807) is 13.0 Å². The smallest absolute Gasteiger partial charge is 0.335 e. The first-order chi connectivity index (χ1) is 5.41. The predicted molar refractivity (Wildman–Crippen MR) is 47.9 cm³/mol. The lowest BCUT2D eigenvalue weighted by molar-refractivity contribution is -0.141. The Bertz CT molecular complexity index is 229. The van der Waals surface area contributed by atoms with E-state index >= 15 is 0 Å². The van der Waals surface area contributed by atoms with E-state index in [4.69, 9.17) is 16.3 Å². The number of cyclic esters (lactones) is 1. The van der Waals surface area contributed by atoms with E-state index in [-0.39, 0.29) is 5.97 Å². The van der Waals surface area contributed by atoms with E-state index in [1.807, 2.05) is 0 Å². The third-order valence-electron chi connectivity index (χ3n) is 1.61. The first-order valence-corrected chi connectivity index (χ1v) is 4.42. The number of hydrogen-bond donors (Lipinski definition) is 0. The van der Waals surface area contributed by atoms with Gasteiger partial charge in [0, 0.05) is 5.57 Å². The number of halogens is 1. The van der Waals surface area contributed by atoms with E-state index in [1.165, 1.54) is 0 Å². The molecule has 1 aliphatic rings. The molecular weight excluding hydrogens is 176 g/mol. The standard InChI is InChI=1S/C9H13ClO2/c1-6(2)4-7-5-9(3,10)12-8(7)11/h5-6H,4H2,1-3H3. The topological polar surface area (TPSA) is 26.3 Å². The van der Waals surface area contributed by atoms with Crippen LogP contribution < -0.4 is 0 Å². The van der Waals surface area contributed by atoms with Crippen LogP contribution in [-0.2, 0) is 9.53 Å². The minimum atomic E-state index is -0.915. The fourth-order valence-corrected chi connectivity index (χ4v) is 1.43. The number of carbonyl (C=O) groups is 1. The van der Waals surface area contributed by atoms with Gasteiger partial charge in [-0.2, -0.15) is 0 Å². The molecular formula is C9H13ClO2. The molecule has 0 aromatic heterocycles. The summed E-state index contributed by atoms with van der Waals surface area (Å²) in [5, 5.41) is -0.915. The van der Waals surface area contributed by atoms with E-state index in [9.17, 15) is 4.79 Å². The minimum Gasteiger partial charge on any atom is -0.436 e. The highest BCUT2D eigenvalue weighted by Crippen LogP contribution is 2.30. The summed E-state index contributed by atoms with van der Waals surface area (Å²) in [6.45, 7) is 5.77. The molecule has 3 heteroatoms. The molecule has 0 N–H and O–H groups in total. The molecule has 0 spiro atoms. The Balaban J connectivity index is 2.71. The molecule has 0 aromatic carbocycles. The summed E-state index contributed by atoms with van der Waals surface area (Å²) in [6.07, 6.45) is 2.43. The average Bonchev–Trinajstić information content (AvgIpc) is 2.03. The monoisotopic (exact) mass is 188 g/mol. The Hall–Kier alpha value is -0.500. The Morgan fingerprint density at radius 2 is 2.25 bits per heavy atom. The van der Waals surface area contributed by atoms with Crippen LogP contribution in [0, 0.1) is 5.92 Å². The van der Waals surface area contributed by atoms with Gasteiger partial charge in [0.1, 0.15) is 0 Å². The second kappa shape index (κ2) is 3.09. The fraction of sp³-hybridized carbons (Fsp3) is 0.667. The van der Waals surface area contributed by atoms with Crippen LogP contribution in [0.2, 0.25) is 0 Å². The van der Waals surface area contributed by atoms with E-state index < -0.39 is 5.06 Å². The molecule has 2 nitrogen and oxygen atoms in total. The Morgan fingerprint density at radius 3 is 2.58 bits per heavy atom. The lowest BCUT2D eigenvalue weighted by Gasteiger charge is -2.09. The normalized spacial score (nSPS) is 29.1. The summed E-state index contributed by atoms with van der Waals surface area (Å²) in [7, 11) is 0. The van der Waals surface area contributed by atoms with Crippen molar-refractivity contribution in [1.82, 2.24) is 0 Å². The molecule has 1 rings (SSSR count). The van der Waals surface area contributed by atoms with Crippen molar-refractivity contribution in [2.45, 2.75) is 32.3 Å². The van der Waals surface area contributed by atoms with Gasteiger partial charge in [0.05, 0.1) is 0 Å². The zero-order valence-electron chi connectivity index (χ0n) is 7.56. The number of ether oxygens (including phenoxy) is 1. The average molecular weight is 189 g/mol. The van der Waals surface area contributed by atoms with Crippen LogP contribution in [0.3, 0.4) is 0 Å². The largest absolute Gasteiger partial charge is 0.436 e. The van der Waals surface area contributed by atoms with Gasteiger partial charge in [-0.1, -0.05) is 25.4 Å². The molecule has 0 amide bonds. The summed E-state index contributed by atoms with van der Waals surface area (Å²) in [6, 6.07) is 0. The zero-order chi connectivity index (χ0) is 9.35. The SMILES string of the molecule is CC(C)CC1=CC(C)(Cl)OC1=O. The Kier molecular flexibility index (Phi) is 2.47. The predicted octanol–water partition coefficient (Wildman–Crippen LogP) is 2.47. The third kappa shape index (κ3) is 2.24. The molecule has 0 bridgehead atoms. The van der Waals surface area contributed by atoms with Crippen LogP contribution in [0.15, 0.2) is 11.6 Å². The van der Waals surface area contributed by atoms with Crippen molar-refractivity contribution in [2.24, 2.45) is 5.92 Å². The molecule has 1 aliphatic heterocycles. The second-order valence-corrected chi connectivity index (χ2v) is 4.39. The van der Waals surface area contributed by atoms with Gasteiger partial charge in [0.25, 0.3) is 0 Å². The number of rotatable bonds is 2. The van der Waals surface area contributed by atoms with Crippen molar-refractivity contribution < 1.29 is 9.53 Å². The molecule has 0 radical (unpaired) electrons. The summed E-state index contributed by atoms with van der Waals surface area (Å²) in [5.74, 6) is 0.176. The van der Waals surface area contributed by atoms with E-state index in [0.717, 1.165) is 6.42 Å². The van der Waals surface area contributed by atoms with Crippen molar-refractivity contribution in [1.29, 1.82) is 0 Å². The molecule has 1 unspecified atom stereocenters. The molecule has 0 saturated heterocycles. The molecule has 1 atom stereocenters. The summed E-state index contributed by atoms with van der Waals surface area (Å²) < 4.78 is 4.90. The molecule has 0 saturated carbocycles. The van der Waals surface area contributed by atoms with Crippen LogP contribution in [0.1, 0.15) is 27.2 Å². The van der Waals surface area contributed by atoms with Gasteiger partial charge < -0.3 is 4.74 Å². The maximum Gasteiger partial charge on any atom is 0.335 e. The molecule has 0 aliphatic carbocycles. The van der Waals surface area contributed by atoms with Crippen molar-refractivity contribution in [3.8, 4) is 0 Å². The van der Waals surface area contributed by atoms with Gasteiger partial charge >= 0.3 is 5.97 Å². The van der Waals surface area contributed by atoms with Crippen LogP contribution >= 0.6 is 11.6 Å². The highest BCUT2D eigenvalue weighted by molar-refractivity contribution is 6.26. The minimum absolute atomic E-state index is 0.277. The van der Waals surface area contributed by atoms with Gasteiger partial charge in [0.2, 0.25) is 5.06 Å².